The topological polar surface area (TPSA) is 17.1 Å². The third-order valence-electron chi connectivity index (χ3n) is 8.90. The third kappa shape index (κ3) is 2.52. The van der Waals surface area contributed by atoms with E-state index in [9.17, 15) is 4.79 Å². The van der Waals surface area contributed by atoms with Crippen molar-refractivity contribution in [1.29, 1.82) is 0 Å². The summed E-state index contributed by atoms with van der Waals surface area (Å²) in [6.07, 6.45) is 10.0. The van der Waals surface area contributed by atoms with Crippen LogP contribution in [0.2, 0.25) is 0 Å². The van der Waals surface area contributed by atoms with E-state index in [1.165, 1.54) is 44.9 Å². The van der Waals surface area contributed by atoms with E-state index in [1.54, 1.807) is 0 Å². The van der Waals surface area contributed by atoms with Gasteiger partial charge in [-0.25, -0.2) is 0 Å². The average molecular weight is 331 g/mol. The number of carbonyl (C=O) groups is 1. The fraction of sp³-hybridized carbons (Fsp3) is 0.957. The molecule has 0 aromatic carbocycles. The van der Waals surface area contributed by atoms with Gasteiger partial charge in [0.15, 0.2) is 0 Å². The summed E-state index contributed by atoms with van der Waals surface area (Å²) in [5.41, 5.74) is 1.91. The van der Waals surface area contributed by atoms with Gasteiger partial charge in [0.25, 0.3) is 0 Å². The Morgan fingerprint density at radius 1 is 0.792 bits per heavy atom. The molecule has 0 spiro atoms. The van der Waals surface area contributed by atoms with Gasteiger partial charge in [0.05, 0.1) is 0 Å². The van der Waals surface area contributed by atoms with Crippen LogP contribution in [-0.2, 0) is 4.79 Å². The van der Waals surface area contributed by atoms with Gasteiger partial charge in [-0.15, -0.1) is 0 Å². The minimum atomic E-state index is 0.376. The summed E-state index contributed by atoms with van der Waals surface area (Å²) in [6.45, 7) is 14.7. The lowest BCUT2D eigenvalue weighted by atomic mass is 9.65. The van der Waals surface area contributed by atoms with Crippen LogP contribution >= 0.6 is 0 Å². The normalized spacial score (nSPS) is 50.6. The largest absolute Gasteiger partial charge is 0.299 e. The molecule has 0 heterocycles. The van der Waals surface area contributed by atoms with Gasteiger partial charge in [-0.3, -0.25) is 4.79 Å². The number of Topliss-reactive ketones (excluding diaryl/α,β-unsaturated/α-hetero) is 1. The minimum Gasteiger partial charge on any atom is -0.299 e. The van der Waals surface area contributed by atoms with Gasteiger partial charge in [-0.2, -0.15) is 0 Å². The van der Waals surface area contributed by atoms with Crippen LogP contribution in [0.3, 0.4) is 0 Å². The Balaban J connectivity index is 1.39. The summed E-state index contributed by atoms with van der Waals surface area (Å²) >= 11 is 0. The van der Waals surface area contributed by atoms with Crippen molar-refractivity contribution < 1.29 is 4.79 Å². The lowest BCUT2D eigenvalue weighted by Crippen LogP contribution is -2.35. The highest BCUT2D eigenvalue weighted by atomic mass is 16.1. The number of rotatable bonds is 4. The highest BCUT2D eigenvalue weighted by molar-refractivity contribution is 5.82. The zero-order valence-electron chi connectivity index (χ0n) is 16.9. The van der Waals surface area contributed by atoms with Crippen LogP contribution in [0.1, 0.15) is 92.9 Å². The first-order valence-corrected chi connectivity index (χ1v) is 10.5. The monoisotopic (exact) mass is 330 g/mol. The van der Waals surface area contributed by atoms with Crippen molar-refractivity contribution >= 4 is 5.78 Å². The van der Waals surface area contributed by atoms with Crippen LogP contribution < -0.4 is 0 Å². The van der Waals surface area contributed by atoms with Crippen LogP contribution in [0, 0.1) is 45.3 Å². The molecule has 4 aliphatic rings. The Morgan fingerprint density at radius 2 is 1.33 bits per heavy atom. The van der Waals surface area contributed by atoms with Gasteiger partial charge in [0.1, 0.15) is 5.78 Å². The molecule has 0 radical (unpaired) electrons. The molecule has 4 aliphatic carbocycles. The molecule has 4 rings (SSSR count). The molecule has 0 amide bonds. The average Bonchev–Trinajstić information content (AvgIpc) is 3.05. The van der Waals surface area contributed by atoms with E-state index in [1.807, 2.05) is 0 Å². The Labute approximate surface area is 149 Å². The third-order valence-corrected chi connectivity index (χ3v) is 8.90. The maximum Gasteiger partial charge on any atom is 0.136 e. The molecular formula is C23H38O. The van der Waals surface area contributed by atoms with E-state index in [2.05, 4.69) is 41.5 Å². The van der Waals surface area contributed by atoms with E-state index >= 15 is 0 Å². The molecule has 4 bridgehead atoms. The van der Waals surface area contributed by atoms with Gasteiger partial charge < -0.3 is 0 Å². The molecule has 0 saturated heterocycles. The van der Waals surface area contributed by atoms with Crippen LogP contribution in [0.15, 0.2) is 0 Å². The summed E-state index contributed by atoms with van der Waals surface area (Å²) in [4.78, 5) is 13.1. The highest BCUT2D eigenvalue weighted by Gasteiger charge is 2.59. The molecule has 6 unspecified atom stereocenters. The maximum absolute atomic E-state index is 13.1. The fourth-order valence-electron chi connectivity index (χ4n) is 8.63. The zero-order valence-corrected chi connectivity index (χ0v) is 16.9. The smallest absolute Gasteiger partial charge is 0.136 e. The Morgan fingerprint density at radius 3 is 1.83 bits per heavy atom. The number of fused-ring (bicyclic) bond motifs is 4. The van der Waals surface area contributed by atoms with E-state index in [4.69, 9.17) is 0 Å². The summed E-state index contributed by atoms with van der Waals surface area (Å²) in [7, 11) is 0. The first-order valence-electron chi connectivity index (χ1n) is 10.5. The van der Waals surface area contributed by atoms with Crippen LogP contribution in [0.5, 0.6) is 0 Å². The summed E-state index contributed by atoms with van der Waals surface area (Å²) in [5.74, 6) is 3.32. The maximum atomic E-state index is 13.1. The molecule has 4 saturated carbocycles. The van der Waals surface area contributed by atoms with Gasteiger partial charge in [-0.1, -0.05) is 41.5 Å². The molecule has 0 aromatic rings. The van der Waals surface area contributed by atoms with Crippen molar-refractivity contribution in [3.63, 3.8) is 0 Å². The molecule has 0 aliphatic heterocycles. The van der Waals surface area contributed by atoms with Gasteiger partial charge in [0, 0.05) is 12.3 Å². The van der Waals surface area contributed by atoms with Crippen molar-refractivity contribution in [3.8, 4) is 0 Å². The predicted molar refractivity (Wildman–Crippen MR) is 99.7 cm³/mol. The first kappa shape index (κ1) is 17.1. The first-order chi connectivity index (χ1) is 10.9. The quantitative estimate of drug-likeness (QED) is 0.594. The summed E-state index contributed by atoms with van der Waals surface area (Å²) < 4.78 is 0. The van der Waals surface area contributed by atoms with E-state index in [-0.39, 0.29) is 0 Å². The van der Waals surface area contributed by atoms with Gasteiger partial charge >= 0.3 is 0 Å². The molecule has 1 nitrogen and oxygen atoms in total. The van der Waals surface area contributed by atoms with Crippen LogP contribution in [0.25, 0.3) is 0 Å². The molecule has 6 atom stereocenters. The summed E-state index contributed by atoms with van der Waals surface area (Å²) in [5, 5.41) is 0. The number of hydrogen-bond donors (Lipinski definition) is 0. The van der Waals surface area contributed by atoms with E-state index in [0.717, 1.165) is 18.3 Å². The Bertz CT molecular complexity index is 553. The van der Waals surface area contributed by atoms with Gasteiger partial charge in [-0.05, 0) is 84.4 Å². The molecule has 1 heteroatoms. The minimum absolute atomic E-state index is 0.376. The molecule has 136 valence electrons. The molecule has 24 heavy (non-hydrogen) atoms. The van der Waals surface area contributed by atoms with Gasteiger partial charge in [0.2, 0.25) is 0 Å². The van der Waals surface area contributed by atoms with E-state index in [0.29, 0.717) is 39.3 Å². The molecular weight excluding hydrogens is 292 g/mol. The second-order valence-electron chi connectivity index (χ2n) is 12.4. The van der Waals surface area contributed by atoms with Crippen molar-refractivity contribution in [2.24, 2.45) is 45.3 Å². The Kier molecular flexibility index (Phi) is 3.48. The predicted octanol–water partition coefficient (Wildman–Crippen LogP) is 6.26. The number of hydrogen-bond acceptors (Lipinski definition) is 1. The zero-order chi connectivity index (χ0) is 17.5. The van der Waals surface area contributed by atoms with E-state index < -0.39 is 0 Å². The fourth-order valence-corrected chi connectivity index (χ4v) is 8.63. The van der Waals surface area contributed by atoms with Crippen LogP contribution in [0.4, 0.5) is 0 Å². The lowest BCUT2D eigenvalue weighted by Gasteiger charge is -2.39. The Hall–Kier alpha value is -0.330. The molecule has 0 N–H and O–H groups in total. The SMILES string of the molecule is CC12CC(CCC(=O)C3CC4(C)CC3C(C)(C)C4)C(C1)C(C)(C)C2. The van der Waals surface area contributed by atoms with Crippen LogP contribution in [-0.4, -0.2) is 5.78 Å². The second kappa shape index (κ2) is 4.89. The molecule has 4 fully saturated rings. The highest BCUT2D eigenvalue weighted by Crippen LogP contribution is 2.67. The lowest BCUT2D eigenvalue weighted by molar-refractivity contribution is -0.127. The summed E-state index contributed by atoms with van der Waals surface area (Å²) in [6, 6.07) is 0. The number of carbonyl (C=O) groups excluding carboxylic acids is 1. The second-order valence-corrected chi connectivity index (χ2v) is 12.4. The van der Waals surface area contributed by atoms with Crippen molar-refractivity contribution in [3.05, 3.63) is 0 Å². The standard InChI is InChI=1S/C23H38O/c1-20(2)13-22(5)9-15(17(20)11-22)7-8-19(24)16-10-23(6)12-18(16)21(3,4)14-23/h15-18H,7-14H2,1-6H3. The number of ketones is 1. The van der Waals surface area contributed by atoms with Crippen molar-refractivity contribution in [1.82, 2.24) is 0 Å². The molecule has 0 aromatic heterocycles. The van der Waals surface area contributed by atoms with Crippen molar-refractivity contribution in [2.45, 2.75) is 92.9 Å². The van der Waals surface area contributed by atoms with Crippen molar-refractivity contribution in [2.75, 3.05) is 0 Å².